The van der Waals surface area contributed by atoms with Gasteiger partial charge >= 0.3 is 11.9 Å². The van der Waals surface area contributed by atoms with Crippen molar-refractivity contribution >= 4 is 17.8 Å². The van der Waals surface area contributed by atoms with Crippen LogP contribution in [0.2, 0.25) is 0 Å². The van der Waals surface area contributed by atoms with Crippen molar-refractivity contribution in [2.24, 2.45) is 5.41 Å². The topological polar surface area (TPSA) is 142 Å². The first-order valence-electron chi connectivity index (χ1n) is 16.2. The first-order valence-corrected chi connectivity index (χ1v) is 16.2. The first kappa shape index (κ1) is 40.7. The molecule has 0 spiro atoms. The van der Waals surface area contributed by atoms with E-state index in [1.807, 2.05) is 12.2 Å². The van der Waals surface area contributed by atoms with Crippen molar-refractivity contribution < 1.29 is 39.2 Å². The molecule has 1 unspecified atom stereocenters. The van der Waals surface area contributed by atoms with E-state index < -0.39 is 29.4 Å². The third-order valence-electron chi connectivity index (χ3n) is 6.79. The van der Waals surface area contributed by atoms with Crippen LogP contribution < -0.4 is 5.32 Å². The number of aliphatic carboxylic acids is 1. The van der Waals surface area contributed by atoms with Gasteiger partial charge < -0.3 is 30.1 Å². The Morgan fingerprint density at radius 3 is 1.85 bits per heavy atom. The normalized spacial score (nSPS) is 13.2. The monoisotopic (exact) mass is 651 g/mol. The highest BCUT2D eigenvalue weighted by Gasteiger charge is 2.37. The molecule has 47 heavy (non-hydrogen) atoms. The second kappa shape index (κ2) is 24.8. The van der Waals surface area contributed by atoms with Crippen LogP contribution in [0.5, 0.6) is 11.5 Å². The summed E-state index contributed by atoms with van der Waals surface area (Å²) in [4.78, 5) is 36.2. The van der Waals surface area contributed by atoms with Gasteiger partial charge in [-0.1, -0.05) is 99.7 Å². The van der Waals surface area contributed by atoms with E-state index in [0.29, 0.717) is 18.4 Å². The summed E-state index contributed by atoms with van der Waals surface area (Å²) in [6, 6.07) is 4.40. The van der Waals surface area contributed by atoms with Crippen molar-refractivity contribution in [1.82, 2.24) is 5.32 Å². The minimum atomic E-state index is -1.04. The van der Waals surface area contributed by atoms with E-state index in [9.17, 15) is 24.6 Å². The number of allylic oxidation sites excluding steroid dienone is 11. The third-order valence-corrected chi connectivity index (χ3v) is 6.79. The number of phenolic OH excluding ortho intramolecular Hbond substituents is 2. The molecular weight excluding hydrogens is 598 g/mol. The van der Waals surface area contributed by atoms with Gasteiger partial charge in [-0.15, -0.1) is 0 Å². The lowest BCUT2D eigenvalue weighted by molar-refractivity contribution is -0.156. The van der Waals surface area contributed by atoms with Crippen molar-refractivity contribution in [1.29, 1.82) is 0 Å². The molecule has 0 radical (unpaired) electrons. The number of esters is 1. The predicted octanol–water partition coefficient (Wildman–Crippen LogP) is 7.27. The molecule has 1 aromatic carbocycles. The fourth-order valence-corrected chi connectivity index (χ4v) is 4.16. The molecule has 4 N–H and O–H groups in total. The van der Waals surface area contributed by atoms with Crippen LogP contribution >= 0.6 is 0 Å². The molecule has 9 heteroatoms. The molecule has 0 saturated heterocycles. The zero-order valence-electron chi connectivity index (χ0n) is 28.1. The number of hydrogen-bond acceptors (Lipinski definition) is 7. The first-order chi connectivity index (χ1) is 22.6. The van der Waals surface area contributed by atoms with Crippen molar-refractivity contribution in [3.63, 3.8) is 0 Å². The summed E-state index contributed by atoms with van der Waals surface area (Å²) in [6.07, 6.45) is 29.6. The molecule has 0 aliphatic rings. The number of nitrogens with one attached hydrogen (secondary N) is 1. The van der Waals surface area contributed by atoms with Gasteiger partial charge in [-0.2, -0.15) is 0 Å². The number of ether oxygens (including phenoxy) is 2. The largest absolute Gasteiger partial charge is 0.504 e. The van der Waals surface area contributed by atoms with Crippen LogP contribution in [0, 0.1) is 5.41 Å². The Bertz CT molecular complexity index is 1260. The summed E-state index contributed by atoms with van der Waals surface area (Å²) in [7, 11) is 0. The summed E-state index contributed by atoms with van der Waals surface area (Å²) < 4.78 is 11.4. The zero-order chi connectivity index (χ0) is 34.8. The van der Waals surface area contributed by atoms with E-state index in [-0.39, 0.29) is 44.1 Å². The van der Waals surface area contributed by atoms with Gasteiger partial charge in [-0.05, 0) is 62.6 Å². The molecule has 0 saturated carbocycles. The molecule has 258 valence electrons. The standard InChI is InChI=1S/C38H53NO8/c1-4-5-6-7-8-9-10-11-12-13-14-15-16-17-18-19-20-21-22-35(44)47-30-38(2,3)36(37(45)39-27-25-34(42)43)46-28-26-31-23-24-32(40)33(41)29-31/h5-6,8-9,11-12,14-15,17-18,20-21,23-24,29,36,40-41H,4,7,10,13,16,19,22,25-28,30H2,1-3H3,(H,39,45)(H,42,43). The number of carboxylic acids is 1. The summed E-state index contributed by atoms with van der Waals surface area (Å²) in [6.45, 7) is 5.52. The van der Waals surface area contributed by atoms with E-state index in [0.717, 1.165) is 32.1 Å². The number of benzene rings is 1. The Morgan fingerprint density at radius 2 is 1.34 bits per heavy atom. The third kappa shape index (κ3) is 20.4. The van der Waals surface area contributed by atoms with Crippen LogP contribution in [-0.4, -0.2) is 59.0 Å². The highest BCUT2D eigenvalue weighted by Crippen LogP contribution is 2.27. The number of carbonyl (C=O) groups excluding carboxylic acids is 2. The fourth-order valence-electron chi connectivity index (χ4n) is 4.16. The second-order valence-corrected chi connectivity index (χ2v) is 11.5. The van der Waals surface area contributed by atoms with Crippen LogP contribution in [-0.2, 0) is 30.3 Å². The SMILES string of the molecule is CCC=CCC=CCC=CCC=CCC=CCC=CCC(=O)OCC(C)(C)C(OCCc1ccc(O)c(O)c1)C(=O)NCCC(=O)O. The average molecular weight is 652 g/mol. The lowest BCUT2D eigenvalue weighted by atomic mass is 9.86. The molecule has 1 atom stereocenters. The molecular formula is C38H53NO8. The maximum Gasteiger partial charge on any atom is 0.309 e. The Labute approximate surface area is 280 Å². The van der Waals surface area contributed by atoms with Gasteiger partial charge in [0.1, 0.15) is 6.10 Å². The van der Waals surface area contributed by atoms with Crippen molar-refractivity contribution in [2.75, 3.05) is 19.8 Å². The summed E-state index contributed by atoms with van der Waals surface area (Å²) >= 11 is 0. The highest BCUT2D eigenvalue weighted by atomic mass is 16.5. The molecule has 1 amide bonds. The number of aromatic hydroxyl groups is 2. The van der Waals surface area contributed by atoms with Crippen LogP contribution in [0.3, 0.4) is 0 Å². The molecule has 0 aromatic heterocycles. The van der Waals surface area contributed by atoms with Gasteiger partial charge in [0.05, 0.1) is 26.1 Å². The Morgan fingerprint density at radius 1 is 0.809 bits per heavy atom. The minimum absolute atomic E-state index is 0.0710. The Balaban J connectivity index is 2.45. The number of carboxylic acid groups (broad SMARTS) is 1. The van der Waals surface area contributed by atoms with E-state index in [1.165, 1.54) is 12.1 Å². The lowest BCUT2D eigenvalue weighted by Gasteiger charge is -2.32. The van der Waals surface area contributed by atoms with Gasteiger partial charge in [0.15, 0.2) is 11.5 Å². The van der Waals surface area contributed by atoms with Gasteiger partial charge in [0, 0.05) is 12.0 Å². The van der Waals surface area contributed by atoms with E-state index >= 15 is 0 Å². The van der Waals surface area contributed by atoms with E-state index in [2.05, 4.69) is 66.9 Å². The Hall–Kier alpha value is -4.37. The summed E-state index contributed by atoms with van der Waals surface area (Å²) in [5, 5.41) is 30.7. The molecule has 0 aliphatic heterocycles. The van der Waals surface area contributed by atoms with Gasteiger partial charge in [-0.25, -0.2) is 0 Å². The van der Waals surface area contributed by atoms with Crippen molar-refractivity contribution in [2.45, 2.75) is 84.7 Å². The predicted molar refractivity (Wildman–Crippen MR) is 186 cm³/mol. The second-order valence-electron chi connectivity index (χ2n) is 11.5. The molecule has 0 bridgehead atoms. The molecule has 0 aliphatic carbocycles. The van der Waals surface area contributed by atoms with E-state index in [1.54, 1.807) is 26.0 Å². The molecule has 9 nitrogen and oxygen atoms in total. The molecule has 1 aromatic rings. The van der Waals surface area contributed by atoms with Crippen LogP contribution in [0.4, 0.5) is 0 Å². The zero-order valence-corrected chi connectivity index (χ0v) is 28.1. The number of hydrogen-bond donors (Lipinski definition) is 4. The van der Waals surface area contributed by atoms with Gasteiger partial charge in [0.25, 0.3) is 0 Å². The maximum absolute atomic E-state index is 12.9. The summed E-state index contributed by atoms with van der Waals surface area (Å²) in [5.74, 6) is -2.50. The van der Waals surface area contributed by atoms with Crippen molar-refractivity contribution in [3.05, 3.63) is 96.7 Å². The maximum atomic E-state index is 12.9. The van der Waals surface area contributed by atoms with E-state index in [4.69, 9.17) is 14.6 Å². The highest BCUT2D eigenvalue weighted by molar-refractivity contribution is 5.82. The Kier molecular flexibility index (Phi) is 21.5. The number of amides is 1. The molecule has 0 fully saturated rings. The van der Waals surface area contributed by atoms with Crippen LogP contribution in [0.25, 0.3) is 0 Å². The molecule has 1 rings (SSSR count). The van der Waals surface area contributed by atoms with Crippen LogP contribution in [0.1, 0.15) is 77.7 Å². The summed E-state index contributed by atoms with van der Waals surface area (Å²) in [5.41, 5.74) is -0.246. The fraction of sp³-hybridized carbons (Fsp3) is 0.447. The quantitative estimate of drug-likeness (QED) is 0.0519. The lowest BCUT2D eigenvalue weighted by Crippen LogP contribution is -2.48. The number of carbonyl (C=O) groups is 3. The van der Waals surface area contributed by atoms with Gasteiger partial charge in [-0.3, -0.25) is 14.4 Å². The van der Waals surface area contributed by atoms with Crippen LogP contribution in [0.15, 0.2) is 91.1 Å². The van der Waals surface area contributed by atoms with Gasteiger partial charge in [0.2, 0.25) is 5.91 Å². The number of rotatable bonds is 24. The molecule has 0 heterocycles. The average Bonchev–Trinajstić information content (AvgIpc) is 3.02. The number of phenols is 2. The minimum Gasteiger partial charge on any atom is -0.504 e. The van der Waals surface area contributed by atoms with Crippen molar-refractivity contribution in [3.8, 4) is 11.5 Å². The smallest absolute Gasteiger partial charge is 0.309 e.